The van der Waals surface area contributed by atoms with E-state index in [1.807, 2.05) is 0 Å². The van der Waals surface area contributed by atoms with Crippen molar-refractivity contribution in [2.45, 2.75) is 61.9 Å². The molecule has 1 unspecified atom stereocenters. The van der Waals surface area contributed by atoms with Gasteiger partial charge in [0.05, 0.1) is 24.1 Å². The van der Waals surface area contributed by atoms with Gasteiger partial charge in [-0.2, -0.15) is 4.31 Å². The lowest BCUT2D eigenvalue weighted by Gasteiger charge is -2.33. The van der Waals surface area contributed by atoms with Gasteiger partial charge in [-0.15, -0.1) is 0 Å². The van der Waals surface area contributed by atoms with E-state index in [1.54, 1.807) is 36.4 Å². The zero-order valence-electron chi connectivity index (χ0n) is 18.4. The Balaban J connectivity index is 1.73. The van der Waals surface area contributed by atoms with Crippen LogP contribution in [0.3, 0.4) is 0 Å². The zero-order chi connectivity index (χ0) is 23.6. The van der Waals surface area contributed by atoms with Crippen LogP contribution in [0.5, 0.6) is 5.75 Å². The minimum Gasteiger partial charge on any atom is -0.497 e. The number of sulfonamides is 1. The van der Waals surface area contributed by atoms with E-state index in [-0.39, 0.29) is 17.4 Å². The predicted octanol–water partition coefficient (Wildman–Crippen LogP) is 4.50. The Hall–Kier alpha value is -2.23. The van der Waals surface area contributed by atoms with Gasteiger partial charge in [0, 0.05) is 10.5 Å². The molecule has 1 aliphatic heterocycles. The molecule has 1 saturated heterocycles. The number of carbonyl (C=O) groups excluding carboxylic acids is 2. The summed E-state index contributed by atoms with van der Waals surface area (Å²) in [5.41, 5.74) is 0.443. The van der Waals surface area contributed by atoms with Gasteiger partial charge < -0.3 is 4.74 Å². The second kappa shape index (κ2) is 9.95. The highest BCUT2D eigenvalue weighted by molar-refractivity contribution is 9.10. The fourth-order valence-corrected chi connectivity index (χ4v) is 6.77. The van der Waals surface area contributed by atoms with Crippen molar-refractivity contribution in [2.24, 2.45) is 0 Å². The molecule has 33 heavy (non-hydrogen) atoms. The van der Waals surface area contributed by atoms with Crippen molar-refractivity contribution in [1.29, 1.82) is 0 Å². The Morgan fingerprint density at radius 3 is 2.12 bits per heavy atom. The van der Waals surface area contributed by atoms with Crippen LogP contribution in [-0.2, 0) is 19.6 Å². The van der Waals surface area contributed by atoms with E-state index >= 15 is 0 Å². The Morgan fingerprint density at radius 1 is 0.939 bits per heavy atom. The SMILES string of the molecule is COc1ccc(S(=O)(=O)N(C2CCCCCC2)C2CC(=O)N(c3ccc(Br)cc3)C2=O)cc1. The lowest BCUT2D eigenvalue weighted by atomic mass is 10.1. The fraction of sp³-hybridized carbons (Fsp3) is 0.417. The monoisotopic (exact) mass is 534 g/mol. The number of halogens is 1. The van der Waals surface area contributed by atoms with Crippen LogP contribution in [0.1, 0.15) is 44.9 Å². The van der Waals surface area contributed by atoms with Gasteiger partial charge >= 0.3 is 0 Å². The summed E-state index contributed by atoms with van der Waals surface area (Å²) in [5, 5.41) is 0. The van der Waals surface area contributed by atoms with Crippen LogP contribution in [0, 0.1) is 0 Å². The third-order valence-corrected chi connectivity index (χ3v) is 8.84. The lowest BCUT2D eigenvalue weighted by molar-refractivity contribution is -0.122. The molecule has 176 valence electrons. The normalized spacial score (nSPS) is 20.3. The number of hydrogen-bond donors (Lipinski definition) is 0. The molecule has 0 aromatic heterocycles. The maximum Gasteiger partial charge on any atom is 0.252 e. The average Bonchev–Trinajstić information content (AvgIpc) is 2.97. The smallest absolute Gasteiger partial charge is 0.252 e. The minimum absolute atomic E-state index is 0.0925. The van der Waals surface area contributed by atoms with Crippen molar-refractivity contribution < 1.29 is 22.7 Å². The molecule has 2 aromatic rings. The number of amides is 2. The highest BCUT2D eigenvalue weighted by Crippen LogP contribution is 2.35. The second-order valence-electron chi connectivity index (χ2n) is 8.42. The van der Waals surface area contributed by atoms with E-state index < -0.39 is 27.9 Å². The van der Waals surface area contributed by atoms with Crippen LogP contribution < -0.4 is 9.64 Å². The maximum absolute atomic E-state index is 13.9. The Labute approximate surface area is 202 Å². The van der Waals surface area contributed by atoms with E-state index in [0.717, 1.165) is 35.1 Å². The van der Waals surface area contributed by atoms with Gasteiger partial charge in [0.2, 0.25) is 15.9 Å². The third kappa shape index (κ3) is 4.85. The van der Waals surface area contributed by atoms with E-state index in [1.165, 1.54) is 23.5 Å². The number of nitrogens with zero attached hydrogens (tertiary/aromatic N) is 2. The van der Waals surface area contributed by atoms with Gasteiger partial charge in [0.15, 0.2) is 0 Å². The Bertz CT molecular complexity index is 1110. The molecule has 1 aliphatic carbocycles. The maximum atomic E-state index is 13.9. The highest BCUT2D eigenvalue weighted by atomic mass is 79.9. The molecule has 2 aromatic carbocycles. The molecule has 2 amide bonds. The van der Waals surface area contributed by atoms with Crippen LogP contribution in [-0.4, -0.2) is 43.7 Å². The zero-order valence-corrected chi connectivity index (χ0v) is 20.8. The van der Waals surface area contributed by atoms with E-state index in [2.05, 4.69) is 15.9 Å². The summed E-state index contributed by atoms with van der Waals surface area (Å²) < 4.78 is 35.1. The number of carbonyl (C=O) groups is 2. The molecule has 0 spiro atoms. The number of hydrogen-bond acceptors (Lipinski definition) is 5. The molecule has 2 aliphatic rings. The number of imide groups is 1. The summed E-state index contributed by atoms with van der Waals surface area (Å²) in [4.78, 5) is 27.7. The topological polar surface area (TPSA) is 84.0 Å². The first-order valence-corrected chi connectivity index (χ1v) is 13.4. The van der Waals surface area contributed by atoms with Gasteiger partial charge in [-0.1, -0.05) is 41.6 Å². The first-order chi connectivity index (χ1) is 15.8. The van der Waals surface area contributed by atoms with Crippen LogP contribution >= 0.6 is 15.9 Å². The van der Waals surface area contributed by atoms with Gasteiger partial charge in [-0.05, 0) is 61.4 Å². The first-order valence-electron chi connectivity index (χ1n) is 11.1. The second-order valence-corrected chi connectivity index (χ2v) is 11.2. The molecule has 0 radical (unpaired) electrons. The van der Waals surface area contributed by atoms with Gasteiger partial charge in [-0.25, -0.2) is 13.3 Å². The molecule has 2 fully saturated rings. The van der Waals surface area contributed by atoms with Crippen molar-refractivity contribution >= 4 is 43.5 Å². The average molecular weight is 535 g/mol. The summed E-state index contributed by atoms with van der Waals surface area (Å²) >= 11 is 3.36. The molecule has 7 nitrogen and oxygen atoms in total. The molecule has 9 heteroatoms. The number of benzene rings is 2. The molecular weight excluding hydrogens is 508 g/mol. The predicted molar refractivity (Wildman–Crippen MR) is 129 cm³/mol. The summed E-state index contributed by atoms with van der Waals surface area (Å²) in [6.07, 6.45) is 5.04. The molecule has 4 rings (SSSR count). The molecule has 1 heterocycles. The van der Waals surface area contributed by atoms with E-state index in [9.17, 15) is 18.0 Å². The summed E-state index contributed by atoms with van der Waals surface area (Å²) in [5.74, 6) is -0.344. The van der Waals surface area contributed by atoms with E-state index in [4.69, 9.17) is 4.74 Å². The summed E-state index contributed by atoms with van der Waals surface area (Å²) in [6, 6.07) is 11.6. The molecule has 1 atom stereocenters. The Kier molecular flexibility index (Phi) is 7.21. The van der Waals surface area contributed by atoms with Gasteiger partial charge in [0.1, 0.15) is 11.8 Å². The first kappa shape index (κ1) is 23.9. The fourth-order valence-electron chi connectivity index (χ4n) is 4.68. The highest BCUT2D eigenvalue weighted by Gasteiger charge is 2.49. The number of ether oxygens (including phenoxy) is 1. The van der Waals surface area contributed by atoms with Crippen LogP contribution in [0.2, 0.25) is 0 Å². The van der Waals surface area contributed by atoms with Crippen LogP contribution in [0.15, 0.2) is 57.9 Å². The number of rotatable bonds is 6. The van der Waals surface area contributed by atoms with E-state index in [0.29, 0.717) is 24.3 Å². The quantitative estimate of drug-likeness (QED) is 0.402. The van der Waals surface area contributed by atoms with Crippen LogP contribution in [0.4, 0.5) is 5.69 Å². The van der Waals surface area contributed by atoms with Crippen molar-refractivity contribution in [3.63, 3.8) is 0 Å². The molecular formula is C24H27BrN2O5S. The third-order valence-electron chi connectivity index (χ3n) is 6.33. The van der Waals surface area contributed by atoms with Crippen LogP contribution in [0.25, 0.3) is 0 Å². The van der Waals surface area contributed by atoms with Crippen molar-refractivity contribution in [1.82, 2.24) is 4.31 Å². The van der Waals surface area contributed by atoms with Crippen molar-refractivity contribution in [3.8, 4) is 5.75 Å². The molecule has 0 N–H and O–H groups in total. The molecule has 1 saturated carbocycles. The molecule has 0 bridgehead atoms. The van der Waals surface area contributed by atoms with Crippen molar-refractivity contribution in [2.75, 3.05) is 12.0 Å². The lowest BCUT2D eigenvalue weighted by Crippen LogP contribution is -2.50. The minimum atomic E-state index is -4.02. The number of methoxy groups -OCH3 is 1. The van der Waals surface area contributed by atoms with Gasteiger partial charge in [-0.3, -0.25) is 9.59 Å². The number of anilines is 1. The standard InChI is InChI=1S/C24H27BrN2O5S/c1-32-20-12-14-21(15-13-20)33(30,31)27(19-6-4-2-3-5-7-19)22-16-23(28)26(24(22)29)18-10-8-17(25)9-11-18/h8-15,19,22H,2-7,16H2,1H3. The Morgan fingerprint density at radius 2 is 1.55 bits per heavy atom. The summed E-state index contributed by atoms with van der Waals surface area (Å²) in [6.45, 7) is 0. The largest absolute Gasteiger partial charge is 0.497 e. The van der Waals surface area contributed by atoms with Gasteiger partial charge in [0.25, 0.3) is 5.91 Å². The van der Waals surface area contributed by atoms with Crippen molar-refractivity contribution in [3.05, 3.63) is 53.0 Å². The summed E-state index contributed by atoms with van der Waals surface area (Å²) in [7, 11) is -2.51.